The largest absolute Gasteiger partial charge is 0.331 e. The number of sulfonamides is 1. The van der Waals surface area contributed by atoms with E-state index in [1.807, 2.05) is 22.9 Å². The fraction of sp³-hybridized carbons (Fsp3) is 0.133. The summed E-state index contributed by atoms with van der Waals surface area (Å²) in [5.74, 6) is -0.342. The van der Waals surface area contributed by atoms with Crippen molar-refractivity contribution in [2.24, 2.45) is 4.40 Å². The topological polar surface area (TPSA) is 91.7 Å². The van der Waals surface area contributed by atoms with Gasteiger partial charge in [0, 0.05) is 18.1 Å². The minimum Gasteiger partial charge on any atom is -0.331 e. The van der Waals surface area contributed by atoms with Crippen molar-refractivity contribution in [3.8, 4) is 10.6 Å². The molecule has 128 valence electrons. The van der Waals surface area contributed by atoms with Gasteiger partial charge in [-0.05, 0) is 23.6 Å². The number of hydrogen-bond donors (Lipinski definition) is 1. The summed E-state index contributed by atoms with van der Waals surface area (Å²) in [6, 6.07) is 3.90. The average molecular weight is 392 g/mol. The fourth-order valence-electron chi connectivity index (χ4n) is 2.43. The minimum atomic E-state index is -3.54. The van der Waals surface area contributed by atoms with Crippen LogP contribution in [-0.2, 0) is 14.8 Å². The summed E-state index contributed by atoms with van der Waals surface area (Å²) in [7, 11) is -3.54. The quantitative estimate of drug-likeness (QED) is 0.865. The second kappa shape index (κ2) is 6.21. The normalized spacial score (nSPS) is 18.3. The van der Waals surface area contributed by atoms with E-state index in [0.717, 1.165) is 10.6 Å². The van der Waals surface area contributed by atoms with Gasteiger partial charge in [0.2, 0.25) is 0 Å². The molecule has 0 fully saturated rings. The van der Waals surface area contributed by atoms with Crippen LogP contribution < -0.4 is 5.32 Å². The second-order valence-corrected chi connectivity index (χ2v) is 8.85. The van der Waals surface area contributed by atoms with E-state index in [0.29, 0.717) is 5.13 Å². The van der Waals surface area contributed by atoms with Gasteiger partial charge in [-0.15, -0.1) is 27.1 Å². The average Bonchev–Trinajstić information content (AvgIpc) is 3.24. The van der Waals surface area contributed by atoms with E-state index in [2.05, 4.69) is 14.7 Å². The Balaban J connectivity index is 1.58. The van der Waals surface area contributed by atoms with Gasteiger partial charge in [-0.2, -0.15) is 0 Å². The molecule has 0 saturated heterocycles. The molecule has 4 rings (SSSR count). The van der Waals surface area contributed by atoms with Crippen molar-refractivity contribution in [3.63, 3.8) is 0 Å². The van der Waals surface area contributed by atoms with E-state index in [9.17, 15) is 13.2 Å². The number of carbonyl (C=O) groups excluding carboxylic acids is 1. The van der Waals surface area contributed by atoms with Crippen LogP contribution in [0.1, 0.15) is 0 Å². The monoisotopic (exact) mass is 392 g/mol. The van der Waals surface area contributed by atoms with Crippen LogP contribution in [0.3, 0.4) is 0 Å². The number of allylic oxidation sites excluding steroid dienone is 2. The molecule has 0 bridgehead atoms. The number of amidine groups is 1. The highest BCUT2D eigenvalue weighted by Crippen LogP contribution is 2.28. The van der Waals surface area contributed by atoms with Crippen molar-refractivity contribution >= 4 is 49.6 Å². The third-order valence-corrected chi connectivity index (χ3v) is 6.40. The number of thiophene rings is 1. The predicted octanol–water partition coefficient (Wildman–Crippen LogP) is 2.31. The summed E-state index contributed by atoms with van der Waals surface area (Å²) in [5, 5.41) is 7.00. The maximum atomic E-state index is 12.6. The summed E-state index contributed by atoms with van der Waals surface area (Å²) in [6.07, 6.45) is 4.96. The van der Waals surface area contributed by atoms with Crippen LogP contribution in [0.2, 0.25) is 0 Å². The van der Waals surface area contributed by atoms with Gasteiger partial charge in [0.25, 0.3) is 15.9 Å². The van der Waals surface area contributed by atoms with Crippen molar-refractivity contribution in [2.45, 2.75) is 0 Å². The van der Waals surface area contributed by atoms with E-state index >= 15 is 0 Å². The van der Waals surface area contributed by atoms with E-state index in [1.54, 1.807) is 34.6 Å². The number of nitrogens with zero attached hydrogens (tertiary/aromatic N) is 3. The highest BCUT2D eigenvalue weighted by Gasteiger charge is 2.30. The SMILES string of the molecule is O=C(Nc1nc(-c2cccs2)cs1)C1=CC=CN2CCS(=O)(=O)N=C12. The van der Waals surface area contributed by atoms with Crippen LogP contribution in [0, 0.1) is 0 Å². The molecule has 0 unspecified atom stereocenters. The zero-order chi connectivity index (χ0) is 17.4. The van der Waals surface area contributed by atoms with E-state index in [-0.39, 0.29) is 23.7 Å². The minimum absolute atomic E-state index is 0.0631. The third-order valence-electron chi connectivity index (χ3n) is 3.60. The van der Waals surface area contributed by atoms with Gasteiger partial charge in [0.1, 0.15) is 0 Å². The van der Waals surface area contributed by atoms with Gasteiger partial charge < -0.3 is 4.90 Å². The van der Waals surface area contributed by atoms with Crippen LogP contribution in [-0.4, -0.2) is 42.3 Å². The van der Waals surface area contributed by atoms with Gasteiger partial charge in [-0.25, -0.2) is 13.4 Å². The second-order valence-electron chi connectivity index (χ2n) is 5.29. The maximum absolute atomic E-state index is 12.6. The summed E-state index contributed by atoms with van der Waals surface area (Å²) < 4.78 is 27.3. The molecule has 1 amide bonds. The van der Waals surface area contributed by atoms with Gasteiger partial charge in [-0.3, -0.25) is 10.1 Å². The standard InChI is InChI=1S/C15H12N4O3S3/c20-14(17-15-16-11(9-24-15)12-4-2-7-23-12)10-3-1-5-19-6-8-25(21,22)18-13(10)19/h1-5,7,9H,6,8H2,(H,16,17,20). The number of hydrogen-bond acceptors (Lipinski definition) is 7. The molecule has 0 atom stereocenters. The molecule has 2 aromatic heterocycles. The molecular weight excluding hydrogens is 380 g/mol. The molecule has 0 radical (unpaired) electrons. The molecule has 2 aliphatic rings. The van der Waals surface area contributed by atoms with Gasteiger partial charge in [0.05, 0.1) is 21.9 Å². The number of carbonyl (C=O) groups is 1. The predicted molar refractivity (Wildman–Crippen MR) is 99.2 cm³/mol. The number of nitrogens with one attached hydrogen (secondary N) is 1. The molecule has 0 saturated carbocycles. The van der Waals surface area contributed by atoms with Crippen molar-refractivity contribution < 1.29 is 13.2 Å². The first-order valence-corrected chi connectivity index (χ1v) is 10.7. The number of amides is 1. The Morgan fingerprint density at radius 2 is 2.20 bits per heavy atom. The molecule has 7 nitrogen and oxygen atoms in total. The van der Waals surface area contributed by atoms with Crippen LogP contribution in [0.5, 0.6) is 0 Å². The Bertz CT molecular complexity index is 1020. The molecular formula is C15H12N4O3S3. The van der Waals surface area contributed by atoms with E-state index in [1.165, 1.54) is 11.3 Å². The first-order chi connectivity index (χ1) is 12.0. The summed E-state index contributed by atoms with van der Waals surface area (Å²) in [5.41, 5.74) is 1.01. The molecule has 25 heavy (non-hydrogen) atoms. The molecule has 0 aliphatic carbocycles. The Hall–Kier alpha value is -2.30. The van der Waals surface area contributed by atoms with E-state index in [4.69, 9.17) is 0 Å². The smallest absolute Gasteiger partial charge is 0.261 e. The van der Waals surface area contributed by atoms with Gasteiger partial charge >= 0.3 is 0 Å². The lowest BCUT2D eigenvalue weighted by Crippen LogP contribution is -2.40. The number of rotatable bonds is 3. The zero-order valence-corrected chi connectivity index (χ0v) is 15.2. The Labute approximate surface area is 152 Å². The summed E-state index contributed by atoms with van der Waals surface area (Å²) in [6.45, 7) is 0.280. The van der Waals surface area contributed by atoms with Crippen LogP contribution >= 0.6 is 22.7 Å². The van der Waals surface area contributed by atoms with Crippen LogP contribution in [0.4, 0.5) is 5.13 Å². The summed E-state index contributed by atoms with van der Waals surface area (Å²) >= 11 is 2.89. The first-order valence-electron chi connectivity index (χ1n) is 7.31. The number of fused-ring (bicyclic) bond motifs is 1. The summed E-state index contributed by atoms with van der Waals surface area (Å²) in [4.78, 5) is 19.7. The molecule has 4 heterocycles. The number of aromatic nitrogens is 1. The van der Waals surface area contributed by atoms with Crippen molar-refractivity contribution in [1.29, 1.82) is 0 Å². The van der Waals surface area contributed by atoms with Crippen LogP contribution in [0.15, 0.2) is 51.2 Å². The van der Waals surface area contributed by atoms with Crippen molar-refractivity contribution in [2.75, 3.05) is 17.6 Å². The van der Waals surface area contributed by atoms with E-state index < -0.39 is 15.9 Å². The van der Waals surface area contributed by atoms with Gasteiger partial charge in [0.15, 0.2) is 11.0 Å². The number of thiazole rings is 1. The van der Waals surface area contributed by atoms with Crippen molar-refractivity contribution in [3.05, 3.63) is 46.8 Å². The Kier molecular flexibility index (Phi) is 4.02. The lowest BCUT2D eigenvalue weighted by Gasteiger charge is -2.28. The molecule has 0 spiro atoms. The van der Waals surface area contributed by atoms with Crippen LogP contribution in [0.25, 0.3) is 10.6 Å². The fourth-order valence-corrected chi connectivity index (χ4v) is 4.88. The molecule has 1 N–H and O–H groups in total. The lowest BCUT2D eigenvalue weighted by molar-refractivity contribution is -0.112. The maximum Gasteiger partial charge on any atom is 0.261 e. The Morgan fingerprint density at radius 1 is 1.32 bits per heavy atom. The highest BCUT2D eigenvalue weighted by molar-refractivity contribution is 7.90. The highest BCUT2D eigenvalue weighted by atomic mass is 32.2. The third kappa shape index (κ3) is 3.28. The van der Waals surface area contributed by atoms with Gasteiger partial charge in [-0.1, -0.05) is 6.07 Å². The zero-order valence-electron chi connectivity index (χ0n) is 12.7. The molecule has 0 aromatic carbocycles. The molecule has 2 aliphatic heterocycles. The molecule has 10 heteroatoms. The van der Waals surface area contributed by atoms with Crippen molar-refractivity contribution in [1.82, 2.24) is 9.88 Å². The molecule has 2 aromatic rings. The lowest BCUT2D eigenvalue weighted by atomic mass is 10.1. The number of anilines is 1. The first kappa shape index (κ1) is 16.2. The Morgan fingerprint density at radius 3 is 3.00 bits per heavy atom.